The Hall–Kier alpha value is -1.10. The number of nitrogens with zero attached hydrogens (tertiary/aromatic N) is 1. The second-order valence-corrected chi connectivity index (χ2v) is 3.12. The van der Waals surface area contributed by atoms with E-state index in [0.717, 1.165) is 0 Å². The summed E-state index contributed by atoms with van der Waals surface area (Å²) >= 11 is 0. The van der Waals surface area contributed by atoms with Crippen molar-refractivity contribution in [1.82, 2.24) is 4.90 Å². The van der Waals surface area contributed by atoms with Gasteiger partial charge in [-0.2, -0.15) is 0 Å². The zero-order chi connectivity index (χ0) is 11.1. The van der Waals surface area contributed by atoms with E-state index in [1.54, 1.807) is 6.92 Å². The van der Waals surface area contributed by atoms with Gasteiger partial charge in [-0.15, -0.1) is 0 Å². The molecule has 0 aliphatic carbocycles. The van der Waals surface area contributed by atoms with Crippen molar-refractivity contribution in [2.45, 2.75) is 32.7 Å². The molecular formula is C9H18N2O3. The van der Waals surface area contributed by atoms with Crippen molar-refractivity contribution in [3.05, 3.63) is 0 Å². The fourth-order valence-corrected chi connectivity index (χ4v) is 1.32. The molecule has 0 rings (SSSR count). The van der Waals surface area contributed by atoms with Crippen molar-refractivity contribution in [3.63, 3.8) is 0 Å². The molecular weight excluding hydrogens is 184 g/mol. The number of nitrogens with two attached hydrogens (primary N) is 1. The van der Waals surface area contributed by atoms with Gasteiger partial charge in [0.1, 0.15) is 6.04 Å². The second kappa shape index (κ2) is 6.37. The van der Waals surface area contributed by atoms with Gasteiger partial charge in [-0.05, 0) is 19.4 Å². The highest BCUT2D eigenvalue weighted by molar-refractivity contribution is 5.82. The van der Waals surface area contributed by atoms with Crippen LogP contribution in [0.1, 0.15) is 26.7 Å². The lowest BCUT2D eigenvalue weighted by Gasteiger charge is -2.26. The SMILES string of the molecule is CCC(C(=O)O)N(CCCN)C(C)=O. The van der Waals surface area contributed by atoms with E-state index in [0.29, 0.717) is 25.9 Å². The van der Waals surface area contributed by atoms with Gasteiger partial charge in [0.15, 0.2) is 0 Å². The fraction of sp³-hybridized carbons (Fsp3) is 0.778. The number of hydrogen-bond donors (Lipinski definition) is 2. The van der Waals surface area contributed by atoms with Gasteiger partial charge in [0.2, 0.25) is 5.91 Å². The topological polar surface area (TPSA) is 83.6 Å². The van der Waals surface area contributed by atoms with Crippen LogP contribution >= 0.6 is 0 Å². The molecule has 3 N–H and O–H groups in total. The minimum absolute atomic E-state index is 0.215. The van der Waals surface area contributed by atoms with Crippen molar-refractivity contribution >= 4 is 11.9 Å². The second-order valence-electron chi connectivity index (χ2n) is 3.12. The fourth-order valence-electron chi connectivity index (χ4n) is 1.32. The zero-order valence-corrected chi connectivity index (χ0v) is 8.69. The highest BCUT2D eigenvalue weighted by Crippen LogP contribution is 2.05. The maximum atomic E-state index is 11.2. The summed E-state index contributed by atoms with van der Waals surface area (Å²) in [5.74, 6) is -1.17. The summed E-state index contributed by atoms with van der Waals surface area (Å²) in [4.78, 5) is 23.3. The predicted octanol–water partition coefficient (Wildman–Crippen LogP) is 0.0469. The van der Waals surface area contributed by atoms with Gasteiger partial charge in [0.25, 0.3) is 0 Å². The molecule has 0 aliphatic heterocycles. The maximum Gasteiger partial charge on any atom is 0.326 e. The summed E-state index contributed by atoms with van der Waals surface area (Å²) in [6.45, 7) is 4.00. The molecule has 0 aromatic rings. The van der Waals surface area contributed by atoms with Crippen LogP contribution in [0.2, 0.25) is 0 Å². The van der Waals surface area contributed by atoms with Crippen LogP contribution in [0.5, 0.6) is 0 Å². The Bertz CT molecular complexity index is 206. The van der Waals surface area contributed by atoms with Crippen LogP contribution in [0.3, 0.4) is 0 Å². The summed E-state index contributed by atoms with van der Waals surface area (Å²) in [5, 5.41) is 8.87. The van der Waals surface area contributed by atoms with Crippen LogP contribution in [0.15, 0.2) is 0 Å². The van der Waals surface area contributed by atoms with E-state index in [2.05, 4.69) is 0 Å². The Labute approximate surface area is 83.9 Å². The number of carboxylic acids is 1. The summed E-state index contributed by atoms with van der Waals surface area (Å²) in [5.41, 5.74) is 5.31. The van der Waals surface area contributed by atoms with Crippen LogP contribution < -0.4 is 5.73 Å². The molecule has 0 radical (unpaired) electrons. The van der Waals surface area contributed by atoms with E-state index in [4.69, 9.17) is 10.8 Å². The molecule has 0 saturated carbocycles. The molecule has 1 amide bonds. The van der Waals surface area contributed by atoms with Crippen molar-refractivity contribution in [2.24, 2.45) is 5.73 Å². The molecule has 0 spiro atoms. The molecule has 82 valence electrons. The van der Waals surface area contributed by atoms with Crippen LogP contribution in [0, 0.1) is 0 Å². The highest BCUT2D eigenvalue weighted by atomic mass is 16.4. The first-order chi connectivity index (χ1) is 6.54. The molecule has 0 aromatic heterocycles. The molecule has 0 aromatic carbocycles. The average molecular weight is 202 g/mol. The molecule has 5 heteroatoms. The van der Waals surface area contributed by atoms with E-state index in [9.17, 15) is 9.59 Å². The monoisotopic (exact) mass is 202 g/mol. The molecule has 5 nitrogen and oxygen atoms in total. The zero-order valence-electron chi connectivity index (χ0n) is 8.69. The van der Waals surface area contributed by atoms with Gasteiger partial charge in [0, 0.05) is 13.5 Å². The van der Waals surface area contributed by atoms with Crippen LogP contribution in [0.4, 0.5) is 0 Å². The van der Waals surface area contributed by atoms with Crippen molar-refractivity contribution in [3.8, 4) is 0 Å². The lowest BCUT2D eigenvalue weighted by molar-refractivity contribution is -0.149. The summed E-state index contributed by atoms with van der Waals surface area (Å²) in [7, 11) is 0. The van der Waals surface area contributed by atoms with Crippen LogP contribution in [-0.4, -0.2) is 41.0 Å². The first-order valence-corrected chi connectivity index (χ1v) is 4.74. The average Bonchev–Trinajstić information content (AvgIpc) is 2.10. The molecule has 0 heterocycles. The third-order valence-corrected chi connectivity index (χ3v) is 2.06. The number of aliphatic carboxylic acids is 1. The molecule has 0 fully saturated rings. The summed E-state index contributed by atoms with van der Waals surface area (Å²) in [6.07, 6.45) is 1.04. The number of carboxylic acid groups (broad SMARTS) is 1. The number of amides is 1. The predicted molar refractivity (Wildman–Crippen MR) is 52.8 cm³/mol. The van der Waals surface area contributed by atoms with E-state index in [-0.39, 0.29) is 5.91 Å². The quantitative estimate of drug-likeness (QED) is 0.637. The number of hydrogen-bond acceptors (Lipinski definition) is 3. The van der Waals surface area contributed by atoms with Crippen molar-refractivity contribution < 1.29 is 14.7 Å². The van der Waals surface area contributed by atoms with Crippen LogP contribution in [0.25, 0.3) is 0 Å². The van der Waals surface area contributed by atoms with Gasteiger partial charge < -0.3 is 15.7 Å². The molecule has 0 aliphatic rings. The highest BCUT2D eigenvalue weighted by Gasteiger charge is 2.24. The van der Waals surface area contributed by atoms with Gasteiger partial charge in [-0.3, -0.25) is 4.79 Å². The Morgan fingerprint density at radius 2 is 2.07 bits per heavy atom. The first kappa shape index (κ1) is 12.9. The smallest absolute Gasteiger partial charge is 0.326 e. The van der Waals surface area contributed by atoms with E-state index >= 15 is 0 Å². The Balaban J connectivity index is 4.44. The van der Waals surface area contributed by atoms with Crippen molar-refractivity contribution in [2.75, 3.05) is 13.1 Å². The van der Waals surface area contributed by atoms with E-state index < -0.39 is 12.0 Å². The van der Waals surface area contributed by atoms with E-state index in [1.807, 2.05) is 0 Å². The Morgan fingerprint density at radius 1 is 1.50 bits per heavy atom. The number of rotatable bonds is 6. The standard InChI is InChI=1S/C9H18N2O3/c1-3-8(9(13)14)11(7(2)12)6-4-5-10/h8H,3-6,10H2,1-2H3,(H,13,14). The molecule has 14 heavy (non-hydrogen) atoms. The molecule has 0 saturated heterocycles. The minimum Gasteiger partial charge on any atom is -0.480 e. The van der Waals surface area contributed by atoms with Crippen LogP contribution in [-0.2, 0) is 9.59 Å². The lowest BCUT2D eigenvalue weighted by Crippen LogP contribution is -2.44. The van der Waals surface area contributed by atoms with Gasteiger partial charge in [-0.1, -0.05) is 6.92 Å². The molecule has 1 atom stereocenters. The van der Waals surface area contributed by atoms with Gasteiger partial charge in [-0.25, -0.2) is 4.79 Å². The molecule has 1 unspecified atom stereocenters. The largest absolute Gasteiger partial charge is 0.480 e. The maximum absolute atomic E-state index is 11.2. The first-order valence-electron chi connectivity index (χ1n) is 4.74. The van der Waals surface area contributed by atoms with Crippen molar-refractivity contribution in [1.29, 1.82) is 0 Å². The Morgan fingerprint density at radius 3 is 2.36 bits per heavy atom. The number of carbonyl (C=O) groups excluding carboxylic acids is 1. The summed E-state index contributed by atoms with van der Waals surface area (Å²) in [6, 6.07) is -0.723. The third kappa shape index (κ3) is 3.74. The number of carbonyl (C=O) groups is 2. The minimum atomic E-state index is -0.959. The van der Waals surface area contributed by atoms with Gasteiger partial charge >= 0.3 is 5.97 Å². The Kier molecular flexibility index (Phi) is 5.87. The molecule has 0 bridgehead atoms. The lowest BCUT2D eigenvalue weighted by atomic mass is 10.2. The normalized spacial score (nSPS) is 12.2. The summed E-state index contributed by atoms with van der Waals surface area (Å²) < 4.78 is 0. The van der Waals surface area contributed by atoms with Gasteiger partial charge in [0.05, 0.1) is 0 Å². The van der Waals surface area contributed by atoms with E-state index in [1.165, 1.54) is 11.8 Å². The third-order valence-electron chi connectivity index (χ3n) is 2.06.